The van der Waals surface area contributed by atoms with Crippen molar-refractivity contribution in [2.45, 2.75) is 25.4 Å². The Balaban J connectivity index is 1.78. The van der Waals surface area contributed by atoms with Crippen LogP contribution in [0.1, 0.15) is 17.7 Å². The van der Waals surface area contributed by atoms with Crippen LogP contribution >= 0.6 is 11.3 Å². The van der Waals surface area contributed by atoms with E-state index >= 15 is 0 Å². The van der Waals surface area contributed by atoms with E-state index < -0.39 is 0 Å². The van der Waals surface area contributed by atoms with Gasteiger partial charge in [0.2, 0.25) is 0 Å². The molecule has 0 aliphatic carbocycles. The third-order valence-electron chi connectivity index (χ3n) is 2.51. The summed E-state index contributed by atoms with van der Waals surface area (Å²) in [6.45, 7) is 0. The van der Waals surface area contributed by atoms with Gasteiger partial charge in [0.15, 0.2) is 0 Å². The van der Waals surface area contributed by atoms with Gasteiger partial charge in [-0.15, -0.1) is 0 Å². The second-order valence-electron chi connectivity index (χ2n) is 3.85. The van der Waals surface area contributed by atoms with E-state index in [2.05, 4.69) is 16.4 Å². The first-order chi connectivity index (χ1) is 7.84. The standard InChI is InChI=1S/C13H15NOS/c15-13(9-11-6-8-16-10-11)5-4-12-3-1-2-7-14-12/h1-3,6-8,10,13,15H,4-5,9H2. The topological polar surface area (TPSA) is 33.1 Å². The van der Waals surface area contributed by atoms with Crippen molar-refractivity contribution < 1.29 is 5.11 Å². The van der Waals surface area contributed by atoms with Crippen LogP contribution in [0.3, 0.4) is 0 Å². The van der Waals surface area contributed by atoms with Crippen LogP contribution in [-0.2, 0) is 12.8 Å². The van der Waals surface area contributed by atoms with Crippen molar-refractivity contribution in [2.75, 3.05) is 0 Å². The van der Waals surface area contributed by atoms with Gasteiger partial charge < -0.3 is 5.11 Å². The van der Waals surface area contributed by atoms with Crippen LogP contribution < -0.4 is 0 Å². The maximum Gasteiger partial charge on any atom is 0.0584 e. The summed E-state index contributed by atoms with van der Waals surface area (Å²) in [5.74, 6) is 0. The molecular weight excluding hydrogens is 218 g/mol. The van der Waals surface area contributed by atoms with Gasteiger partial charge >= 0.3 is 0 Å². The van der Waals surface area contributed by atoms with Crippen LogP contribution in [0.4, 0.5) is 0 Å². The van der Waals surface area contributed by atoms with Crippen LogP contribution in [0, 0.1) is 0 Å². The number of nitrogens with zero attached hydrogens (tertiary/aromatic N) is 1. The van der Waals surface area contributed by atoms with Crippen LogP contribution in [0.5, 0.6) is 0 Å². The third-order valence-corrected chi connectivity index (χ3v) is 3.24. The van der Waals surface area contributed by atoms with Gasteiger partial charge in [0, 0.05) is 11.9 Å². The Morgan fingerprint density at radius 3 is 2.94 bits per heavy atom. The second kappa shape index (κ2) is 5.77. The van der Waals surface area contributed by atoms with Crippen molar-refractivity contribution in [3.8, 4) is 0 Å². The lowest BCUT2D eigenvalue weighted by Crippen LogP contribution is -2.11. The predicted octanol–water partition coefficient (Wildman–Crippen LogP) is 2.68. The van der Waals surface area contributed by atoms with Gasteiger partial charge in [0.05, 0.1) is 6.10 Å². The number of aryl methyl sites for hydroxylation is 1. The van der Waals surface area contributed by atoms with Crippen molar-refractivity contribution in [3.05, 3.63) is 52.5 Å². The van der Waals surface area contributed by atoms with Crippen molar-refractivity contribution in [3.63, 3.8) is 0 Å². The Hall–Kier alpha value is -1.19. The first-order valence-electron chi connectivity index (χ1n) is 5.43. The fourth-order valence-electron chi connectivity index (χ4n) is 1.64. The van der Waals surface area contributed by atoms with Gasteiger partial charge in [0.25, 0.3) is 0 Å². The first-order valence-corrected chi connectivity index (χ1v) is 6.38. The lowest BCUT2D eigenvalue weighted by molar-refractivity contribution is 0.165. The molecule has 0 spiro atoms. The van der Waals surface area contributed by atoms with Gasteiger partial charge in [0.1, 0.15) is 0 Å². The number of aliphatic hydroxyl groups is 1. The Bertz CT molecular complexity index is 399. The molecule has 84 valence electrons. The Morgan fingerprint density at radius 1 is 1.31 bits per heavy atom. The van der Waals surface area contributed by atoms with E-state index in [9.17, 15) is 5.11 Å². The highest BCUT2D eigenvalue weighted by Crippen LogP contribution is 2.11. The quantitative estimate of drug-likeness (QED) is 0.861. The Labute approximate surface area is 99.6 Å². The van der Waals surface area contributed by atoms with Crippen molar-refractivity contribution in [2.24, 2.45) is 0 Å². The van der Waals surface area contributed by atoms with E-state index in [1.54, 1.807) is 17.5 Å². The van der Waals surface area contributed by atoms with Gasteiger partial charge in [-0.25, -0.2) is 0 Å². The lowest BCUT2D eigenvalue weighted by Gasteiger charge is -2.08. The van der Waals surface area contributed by atoms with Crippen LogP contribution in [0.25, 0.3) is 0 Å². The minimum atomic E-state index is -0.267. The van der Waals surface area contributed by atoms with Crippen LogP contribution in [0.2, 0.25) is 0 Å². The SMILES string of the molecule is OC(CCc1ccccn1)Cc1ccsc1. The third kappa shape index (κ3) is 3.43. The molecule has 0 aliphatic rings. The molecule has 2 rings (SSSR count). The summed E-state index contributed by atoms with van der Waals surface area (Å²) >= 11 is 1.67. The second-order valence-corrected chi connectivity index (χ2v) is 4.63. The van der Waals surface area contributed by atoms with E-state index in [1.807, 2.05) is 23.6 Å². The highest BCUT2D eigenvalue weighted by molar-refractivity contribution is 7.07. The molecule has 0 amide bonds. The Morgan fingerprint density at radius 2 is 2.25 bits per heavy atom. The number of thiophene rings is 1. The molecule has 0 aromatic carbocycles. The molecule has 0 saturated carbocycles. The summed E-state index contributed by atoms with van der Waals surface area (Å²) in [5, 5.41) is 14.0. The average Bonchev–Trinajstić information content (AvgIpc) is 2.81. The zero-order chi connectivity index (χ0) is 11.2. The van der Waals surface area contributed by atoms with Gasteiger partial charge in [-0.2, -0.15) is 11.3 Å². The number of aliphatic hydroxyl groups excluding tert-OH is 1. The molecule has 0 aliphatic heterocycles. The molecule has 0 bridgehead atoms. The normalized spacial score (nSPS) is 12.6. The number of hydrogen-bond acceptors (Lipinski definition) is 3. The summed E-state index contributed by atoms with van der Waals surface area (Å²) in [6, 6.07) is 7.95. The molecule has 2 heterocycles. The molecule has 0 fully saturated rings. The minimum Gasteiger partial charge on any atom is -0.393 e. The van der Waals surface area contributed by atoms with E-state index in [0.29, 0.717) is 0 Å². The van der Waals surface area contributed by atoms with Crippen molar-refractivity contribution >= 4 is 11.3 Å². The maximum atomic E-state index is 9.86. The number of rotatable bonds is 5. The van der Waals surface area contributed by atoms with E-state index in [0.717, 1.165) is 25.0 Å². The van der Waals surface area contributed by atoms with E-state index in [-0.39, 0.29) is 6.10 Å². The zero-order valence-electron chi connectivity index (χ0n) is 9.04. The summed E-state index contributed by atoms with van der Waals surface area (Å²) < 4.78 is 0. The largest absolute Gasteiger partial charge is 0.393 e. The number of aromatic nitrogens is 1. The smallest absolute Gasteiger partial charge is 0.0584 e. The summed E-state index contributed by atoms with van der Waals surface area (Å²) in [6.07, 6.45) is 3.88. The van der Waals surface area contributed by atoms with Crippen LogP contribution in [0.15, 0.2) is 41.2 Å². The fourth-order valence-corrected chi connectivity index (χ4v) is 2.32. The predicted molar refractivity (Wildman–Crippen MR) is 66.6 cm³/mol. The van der Waals surface area contributed by atoms with Crippen molar-refractivity contribution in [1.82, 2.24) is 4.98 Å². The summed E-state index contributed by atoms with van der Waals surface area (Å²) in [5.41, 5.74) is 2.27. The van der Waals surface area contributed by atoms with Gasteiger partial charge in [-0.05, 0) is 53.8 Å². The molecular formula is C13H15NOS. The van der Waals surface area contributed by atoms with E-state index in [1.165, 1.54) is 5.56 Å². The molecule has 3 heteroatoms. The van der Waals surface area contributed by atoms with E-state index in [4.69, 9.17) is 0 Å². The summed E-state index contributed by atoms with van der Waals surface area (Å²) in [4.78, 5) is 4.24. The molecule has 1 N–H and O–H groups in total. The molecule has 2 aromatic heterocycles. The average molecular weight is 233 g/mol. The lowest BCUT2D eigenvalue weighted by atomic mass is 10.1. The fraction of sp³-hybridized carbons (Fsp3) is 0.308. The molecule has 16 heavy (non-hydrogen) atoms. The highest BCUT2D eigenvalue weighted by atomic mass is 32.1. The Kier molecular flexibility index (Phi) is 4.08. The zero-order valence-corrected chi connectivity index (χ0v) is 9.86. The molecule has 2 aromatic rings. The highest BCUT2D eigenvalue weighted by Gasteiger charge is 2.06. The summed E-state index contributed by atoms with van der Waals surface area (Å²) in [7, 11) is 0. The van der Waals surface area contributed by atoms with Gasteiger partial charge in [-0.1, -0.05) is 6.07 Å². The maximum absolute atomic E-state index is 9.86. The molecule has 1 unspecified atom stereocenters. The van der Waals surface area contributed by atoms with Crippen LogP contribution in [-0.4, -0.2) is 16.2 Å². The number of hydrogen-bond donors (Lipinski definition) is 1. The molecule has 0 saturated heterocycles. The minimum absolute atomic E-state index is 0.267. The molecule has 0 radical (unpaired) electrons. The monoisotopic (exact) mass is 233 g/mol. The molecule has 1 atom stereocenters. The first kappa shape index (κ1) is 11.3. The van der Waals surface area contributed by atoms with Gasteiger partial charge in [-0.3, -0.25) is 4.98 Å². The molecule has 2 nitrogen and oxygen atoms in total. The number of pyridine rings is 1. The van der Waals surface area contributed by atoms with Crippen molar-refractivity contribution in [1.29, 1.82) is 0 Å².